The van der Waals surface area contributed by atoms with Crippen molar-refractivity contribution >= 4 is 5.91 Å². The Morgan fingerprint density at radius 3 is 2.78 bits per heavy atom. The number of benzene rings is 1. The molecule has 0 aliphatic rings. The maximum absolute atomic E-state index is 12.0. The molecule has 0 radical (unpaired) electrons. The van der Waals surface area contributed by atoms with Crippen LogP contribution in [0.5, 0.6) is 0 Å². The van der Waals surface area contributed by atoms with Gasteiger partial charge in [-0.25, -0.2) is 0 Å². The zero-order valence-electron chi connectivity index (χ0n) is 13.0. The van der Waals surface area contributed by atoms with Crippen molar-refractivity contribution < 1.29 is 9.21 Å². The minimum Gasteiger partial charge on any atom is -0.472 e. The topological polar surface area (TPSA) is 55.1 Å². The van der Waals surface area contributed by atoms with Crippen molar-refractivity contribution in [1.29, 1.82) is 0 Å². The highest BCUT2D eigenvalue weighted by Crippen LogP contribution is 2.17. The van der Waals surface area contributed by atoms with Gasteiger partial charge in [0.15, 0.2) is 0 Å². The minimum atomic E-state index is 0.00881. The lowest BCUT2D eigenvalue weighted by Crippen LogP contribution is -2.24. The molecule has 0 atom stereocenters. The summed E-state index contributed by atoms with van der Waals surface area (Å²) in [4.78, 5) is 16.4. The number of aromatic nitrogens is 1. The summed E-state index contributed by atoms with van der Waals surface area (Å²) in [6.07, 6.45) is 5.44. The molecular formula is C19H18N2O2. The highest BCUT2D eigenvalue weighted by atomic mass is 16.3. The number of pyridine rings is 1. The number of amides is 1. The third kappa shape index (κ3) is 4.07. The van der Waals surface area contributed by atoms with Crippen LogP contribution in [0.25, 0.3) is 11.3 Å². The Bertz CT molecular complexity index is 777. The minimum absolute atomic E-state index is 0.00881. The van der Waals surface area contributed by atoms with Gasteiger partial charge >= 0.3 is 0 Å². The predicted octanol–water partition coefficient (Wildman–Crippen LogP) is 3.51. The lowest BCUT2D eigenvalue weighted by molar-refractivity contribution is -0.120. The number of furan rings is 1. The van der Waals surface area contributed by atoms with Gasteiger partial charge < -0.3 is 9.73 Å². The molecule has 2 aromatic heterocycles. The Labute approximate surface area is 135 Å². The molecule has 0 saturated carbocycles. The van der Waals surface area contributed by atoms with Gasteiger partial charge in [0.2, 0.25) is 5.91 Å². The molecule has 23 heavy (non-hydrogen) atoms. The van der Waals surface area contributed by atoms with E-state index in [-0.39, 0.29) is 5.91 Å². The molecule has 0 unspecified atom stereocenters. The highest BCUT2D eigenvalue weighted by Gasteiger charge is 2.05. The monoisotopic (exact) mass is 306 g/mol. The van der Waals surface area contributed by atoms with E-state index in [1.54, 1.807) is 18.7 Å². The fourth-order valence-corrected chi connectivity index (χ4v) is 2.38. The molecule has 3 rings (SSSR count). The molecule has 0 aliphatic heterocycles. The van der Waals surface area contributed by atoms with Crippen LogP contribution in [0.1, 0.15) is 16.7 Å². The fraction of sp³-hybridized carbons (Fsp3) is 0.158. The predicted molar refractivity (Wildman–Crippen MR) is 88.7 cm³/mol. The third-order valence-corrected chi connectivity index (χ3v) is 3.58. The number of hydrogen-bond acceptors (Lipinski definition) is 3. The number of nitrogens with one attached hydrogen (secondary N) is 1. The lowest BCUT2D eigenvalue weighted by Gasteiger charge is -2.06. The van der Waals surface area contributed by atoms with Crippen LogP contribution in [0.3, 0.4) is 0 Å². The van der Waals surface area contributed by atoms with Crippen LogP contribution in [0, 0.1) is 6.92 Å². The van der Waals surface area contributed by atoms with Crippen molar-refractivity contribution in [3.8, 4) is 11.3 Å². The quantitative estimate of drug-likeness (QED) is 0.785. The van der Waals surface area contributed by atoms with E-state index in [1.165, 1.54) is 0 Å². The molecule has 0 saturated heterocycles. The molecule has 3 aromatic rings. The zero-order valence-corrected chi connectivity index (χ0v) is 13.0. The van der Waals surface area contributed by atoms with Crippen LogP contribution in [0.4, 0.5) is 0 Å². The van der Waals surface area contributed by atoms with Crippen molar-refractivity contribution in [3.05, 3.63) is 77.9 Å². The lowest BCUT2D eigenvalue weighted by atomic mass is 10.1. The van der Waals surface area contributed by atoms with Crippen LogP contribution in [0.2, 0.25) is 0 Å². The van der Waals surface area contributed by atoms with E-state index < -0.39 is 0 Å². The van der Waals surface area contributed by atoms with Gasteiger partial charge in [-0.05, 0) is 30.2 Å². The van der Waals surface area contributed by atoms with Gasteiger partial charge in [-0.2, -0.15) is 0 Å². The number of carbonyl (C=O) groups is 1. The summed E-state index contributed by atoms with van der Waals surface area (Å²) in [5.74, 6) is 0.00881. The summed E-state index contributed by atoms with van der Waals surface area (Å²) in [6.45, 7) is 2.50. The molecule has 2 heterocycles. The number of hydrogen-bond donors (Lipinski definition) is 1. The second-order valence-electron chi connectivity index (χ2n) is 5.51. The van der Waals surface area contributed by atoms with Crippen molar-refractivity contribution in [2.75, 3.05) is 0 Å². The highest BCUT2D eigenvalue weighted by molar-refractivity contribution is 5.78. The Morgan fingerprint density at radius 2 is 2.09 bits per heavy atom. The van der Waals surface area contributed by atoms with E-state index >= 15 is 0 Å². The standard InChI is InChI=1S/C19H18N2O2/c1-14-3-2-4-15(9-14)10-19(22)21-12-16-5-6-18(20-11-16)17-7-8-23-13-17/h2-9,11,13H,10,12H2,1H3,(H,21,22). The van der Waals surface area contributed by atoms with E-state index in [4.69, 9.17) is 4.42 Å². The summed E-state index contributed by atoms with van der Waals surface area (Å²) >= 11 is 0. The van der Waals surface area contributed by atoms with Crippen molar-refractivity contribution in [2.45, 2.75) is 19.9 Å². The molecule has 0 fully saturated rings. The van der Waals surface area contributed by atoms with Crippen molar-refractivity contribution in [2.24, 2.45) is 0 Å². The first-order valence-corrected chi connectivity index (χ1v) is 7.50. The van der Waals surface area contributed by atoms with Crippen LogP contribution < -0.4 is 5.32 Å². The van der Waals surface area contributed by atoms with Crippen LogP contribution in [-0.2, 0) is 17.8 Å². The van der Waals surface area contributed by atoms with Gasteiger partial charge in [0.1, 0.15) is 0 Å². The van der Waals surface area contributed by atoms with E-state index in [2.05, 4.69) is 10.3 Å². The Balaban J connectivity index is 1.54. The molecule has 1 amide bonds. The Kier molecular flexibility index (Phi) is 4.52. The molecule has 0 aliphatic carbocycles. The van der Waals surface area contributed by atoms with Crippen LogP contribution in [-0.4, -0.2) is 10.9 Å². The fourth-order valence-electron chi connectivity index (χ4n) is 2.38. The largest absolute Gasteiger partial charge is 0.472 e. The van der Waals surface area contributed by atoms with Gasteiger partial charge in [-0.1, -0.05) is 35.9 Å². The van der Waals surface area contributed by atoms with E-state index in [9.17, 15) is 4.79 Å². The van der Waals surface area contributed by atoms with Gasteiger partial charge in [0.25, 0.3) is 0 Å². The van der Waals surface area contributed by atoms with Crippen molar-refractivity contribution in [3.63, 3.8) is 0 Å². The van der Waals surface area contributed by atoms with Gasteiger partial charge in [0.05, 0.1) is 24.6 Å². The zero-order chi connectivity index (χ0) is 16.1. The molecule has 0 bridgehead atoms. The number of carbonyl (C=O) groups excluding carboxylic acids is 1. The summed E-state index contributed by atoms with van der Waals surface area (Å²) in [5.41, 5.74) is 4.95. The van der Waals surface area contributed by atoms with Crippen LogP contribution >= 0.6 is 0 Å². The average molecular weight is 306 g/mol. The SMILES string of the molecule is Cc1cccc(CC(=O)NCc2ccc(-c3ccoc3)nc2)c1. The van der Waals surface area contributed by atoms with E-state index in [0.29, 0.717) is 13.0 Å². The van der Waals surface area contributed by atoms with Crippen molar-refractivity contribution in [1.82, 2.24) is 10.3 Å². The van der Waals surface area contributed by atoms with Gasteiger partial charge in [-0.3, -0.25) is 9.78 Å². The molecule has 1 N–H and O–H groups in total. The smallest absolute Gasteiger partial charge is 0.224 e. The first kappa shape index (κ1) is 15.0. The normalized spacial score (nSPS) is 10.5. The number of rotatable bonds is 5. The summed E-state index contributed by atoms with van der Waals surface area (Å²) in [6, 6.07) is 13.7. The van der Waals surface area contributed by atoms with E-state index in [1.807, 2.05) is 49.4 Å². The molecule has 4 nitrogen and oxygen atoms in total. The maximum Gasteiger partial charge on any atom is 0.224 e. The molecule has 0 spiro atoms. The van der Waals surface area contributed by atoms with E-state index in [0.717, 1.165) is 27.9 Å². The second kappa shape index (κ2) is 6.92. The summed E-state index contributed by atoms with van der Waals surface area (Å²) in [5, 5.41) is 2.92. The first-order valence-electron chi connectivity index (χ1n) is 7.50. The summed E-state index contributed by atoms with van der Waals surface area (Å²) in [7, 11) is 0. The average Bonchev–Trinajstić information content (AvgIpc) is 3.08. The van der Waals surface area contributed by atoms with Gasteiger partial charge in [-0.15, -0.1) is 0 Å². The number of nitrogens with zero attached hydrogens (tertiary/aromatic N) is 1. The first-order chi connectivity index (χ1) is 11.2. The Morgan fingerprint density at radius 1 is 1.17 bits per heavy atom. The maximum atomic E-state index is 12.0. The van der Waals surface area contributed by atoms with Crippen LogP contribution in [0.15, 0.2) is 65.6 Å². The Hall–Kier alpha value is -2.88. The molecular weight excluding hydrogens is 288 g/mol. The number of aryl methyl sites for hydroxylation is 1. The molecule has 116 valence electrons. The molecule has 4 heteroatoms. The van der Waals surface area contributed by atoms with Gasteiger partial charge in [0, 0.05) is 18.3 Å². The third-order valence-electron chi connectivity index (χ3n) is 3.58. The summed E-state index contributed by atoms with van der Waals surface area (Å²) < 4.78 is 5.05. The second-order valence-corrected chi connectivity index (χ2v) is 5.51. The molecule has 1 aromatic carbocycles.